The van der Waals surface area contributed by atoms with Gasteiger partial charge in [-0.25, -0.2) is 4.52 Å². The number of carbonyl (C=O) groups is 1. The van der Waals surface area contributed by atoms with E-state index in [0.29, 0.717) is 0 Å². The SMILES string of the molecule is O=C(O)[C@H]1C[C@H]1c1cnn2ccccc12. The molecule has 0 saturated heterocycles. The Bertz CT molecular complexity index is 532. The van der Waals surface area contributed by atoms with Crippen molar-refractivity contribution in [2.24, 2.45) is 5.92 Å². The van der Waals surface area contributed by atoms with Gasteiger partial charge in [0.1, 0.15) is 0 Å². The zero-order valence-corrected chi connectivity index (χ0v) is 8.00. The average Bonchev–Trinajstić information content (AvgIpc) is 2.92. The molecular formula is C11H10N2O2. The summed E-state index contributed by atoms with van der Waals surface area (Å²) in [4.78, 5) is 10.8. The van der Waals surface area contributed by atoms with E-state index in [1.165, 1.54) is 0 Å². The smallest absolute Gasteiger partial charge is 0.307 e. The van der Waals surface area contributed by atoms with E-state index in [1.54, 1.807) is 10.7 Å². The number of pyridine rings is 1. The highest BCUT2D eigenvalue weighted by molar-refractivity contribution is 5.76. The Morgan fingerprint density at radius 3 is 3.13 bits per heavy atom. The molecule has 0 radical (unpaired) electrons. The molecule has 1 saturated carbocycles. The van der Waals surface area contributed by atoms with Gasteiger partial charge < -0.3 is 5.11 Å². The van der Waals surface area contributed by atoms with Crippen LogP contribution in [-0.4, -0.2) is 20.7 Å². The van der Waals surface area contributed by atoms with Crippen LogP contribution in [-0.2, 0) is 4.79 Å². The highest BCUT2D eigenvalue weighted by Crippen LogP contribution is 2.48. The lowest BCUT2D eigenvalue weighted by Gasteiger charge is -1.95. The predicted molar refractivity (Wildman–Crippen MR) is 53.7 cm³/mol. The van der Waals surface area contributed by atoms with Crippen molar-refractivity contribution < 1.29 is 9.90 Å². The summed E-state index contributed by atoms with van der Waals surface area (Å²) in [6.45, 7) is 0. The summed E-state index contributed by atoms with van der Waals surface area (Å²) in [6, 6.07) is 5.82. The van der Waals surface area contributed by atoms with E-state index in [1.807, 2.05) is 24.4 Å². The van der Waals surface area contributed by atoms with Gasteiger partial charge in [-0.2, -0.15) is 5.10 Å². The van der Waals surface area contributed by atoms with Crippen LogP contribution in [0.5, 0.6) is 0 Å². The van der Waals surface area contributed by atoms with Crippen LogP contribution in [0.2, 0.25) is 0 Å². The van der Waals surface area contributed by atoms with Gasteiger partial charge in [-0.05, 0) is 18.6 Å². The third kappa shape index (κ3) is 1.21. The molecule has 0 spiro atoms. The Hall–Kier alpha value is -1.84. The molecule has 1 aliphatic carbocycles. The second-order valence-electron chi connectivity index (χ2n) is 3.92. The van der Waals surface area contributed by atoms with E-state index < -0.39 is 5.97 Å². The number of aliphatic carboxylic acids is 1. The first-order valence-corrected chi connectivity index (χ1v) is 4.92. The molecule has 2 aromatic rings. The minimum absolute atomic E-state index is 0.155. The van der Waals surface area contributed by atoms with Crippen LogP contribution in [0.3, 0.4) is 0 Å². The lowest BCUT2D eigenvalue weighted by atomic mass is 10.1. The van der Waals surface area contributed by atoms with Crippen molar-refractivity contribution in [3.8, 4) is 0 Å². The molecule has 1 fully saturated rings. The van der Waals surface area contributed by atoms with E-state index in [2.05, 4.69) is 5.10 Å². The second kappa shape index (κ2) is 2.82. The van der Waals surface area contributed by atoms with Crippen LogP contribution < -0.4 is 0 Å². The molecule has 0 amide bonds. The van der Waals surface area contributed by atoms with Gasteiger partial charge in [0.2, 0.25) is 0 Å². The maximum atomic E-state index is 10.8. The molecule has 2 atom stereocenters. The first kappa shape index (κ1) is 8.47. The number of aromatic nitrogens is 2. The molecule has 0 unspecified atom stereocenters. The van der Waals surface area contributed by atoms with Crippen molar-refractivity contribution >= 4 is 11.5 Å². The topological polar surface area (TPSA) is 54.6 Å². The standard InChI is InChI=1S/C11H10N2O2/c14-11(15)8-5-7(8)9-6-12-13-4-2-1-3-10(9)13/h1-4,6-8H,5H2,(H,14,15)/t7-,8+/m1/s1. The quantitative estimate of drug-likeness (QED) is 0.803. The minimum atomic E-state index is -0.699. The van der Waals surface area contributed by atoms with E-state index in [0.717, 1.165) is 17.5 Å². The van der Waals surface area contributed by atoms with Gasteiger partial charge in [0, 0.05) is 17.7 Å². The molecule has 4 heteroatoms. The van der Waals surface area contributed by atoms with Gasteiger partial charge in [0.15, 0.2) is 0 Å². The largest absolute Gasteiger partial charge is 0.481 e. The average molecular weight is 202 g/mol. The molecule has 76 valence electrons. The summed E-state index contributed by atoms with van der Waals surface area (Å²) in [5, 5.41) is 13.1. The lowest BCUT2D eigenvalue weighted by Crippen LogP contribution is -1.98. The molecule has 3 rings (SSSR count). The lowest BCUT2D eigenvalue weighted by molar-refractivity contribution is -0.138. The molecule has 0 aliphatic heterocycles. The van der Waals surface area contributed by atoms with Crippen LogP contribution in [0.15, 0.2) is 30.6 Å². The summed E-state index contributed by atoms with van der Waals surface area (Å²) in [5.74, 6) is -0.754. The molecule has 2 heterocycles. The monoisotopic (exact) mass is 202 g/mol. The first-order valence-electron chi connectivity index (χ1n) is 4.92. The van der Waals surface area contributed by atoms with Crippen LogP contribution in [0.1, 0.15) is 17.9 Å². The Morgan fingerprint density at radius 1 is 1.53 bits per heavy atom. The Balaban J connectivity index is 2.03. The van der Waals surface area contributed by atoms with Crippen LogP contribution in [0.4, 0.5) is 0 Å². The van der Waals surface area contributed by atoms with Crippen molar-refractivity contribution in [2.75, 3.05) is 0 Å². The van der Waals surface area contributed by atoms with Gasteiger partial charge in [0.25, 0.3) is 0 Å². The van der Waals surface area contributed by atoms with E-state index >= 15 is 0 Å². The Morgan fingerprint density at radius 2 is 2.40 bits per heavy atom. The van der Waals surface area contributed by atoms with Crippen LogP contribution in [0.25, 0.3) is 5.52 Å². The fourth-order valence-corrected chi connectivity index (χ4v) is 2.05. The Labute approximate surface area is 86.1 Å². The third-order valence-electron chi connectivity index (χ3n) is 2.96. The fourth-order valence-electron chi connectivity index (χ4n) is 2.05. The second-order valence-corrected chi connectivity index (χ2v) is 3.92. The maximum Gasteiger partial charge on any atom is 0.307 e. The zero-order valence-electron chi connectivity index (χ0n) is 8.00. The van der Waals surface area contributed by atoms with E-state index in [4.69, 9.17) is 5.11 Å². The predicted octanol–water partition coefficient (Wildman–Crippen LogP) is 1.52. The van der Waals surface area contributed by atoms with Gasteiger partial charge in [-0.15, -0.1) is 0 Å². The summed E-state index contributed by atoms with van der Waals surface area (Å²) < 4.78 is 1.78. The molecule has 1 N–H and O–H groups in total. The van der Waals surface area contributed by atoms with Crippen molar-refractivity contribution in [2.45, 2.75) is 12.3 Å². The van der Waals surface area contributed by atoms with Gasteiger partial charge in [0.05, 0.1) is 17.6 Å². The molecule has 15 heavy (non-hydrogen) atoms. The van der Waals surface area contributed by atoms with Gasteiger partial charge in [-0.1, -0.05) is 6.07 Å². The molecule has 0 bridgehead atoms. The third-order valence-corrected chi connectivity index (χ3v) is 2.96. The van der Waals surface area contributed by atoms with Crippen molar-refractivity contribution in [3.05, 3.63) is 36.2 Å². The number of carboxylic acid groups (broad SMARTS) is 1. The number of nitrogens with zero attached hydrogens (tertiary/aromatic N) is 2. The fraction of sp³-hybridized carbons (Fsp3) is 0.273. The number of hydrogen-bond acceptors (Lipinski definition) is 2. The molecule has 1 aliphatic rings. The Kier molecular flexibility index (Phi) is 1.59. The molecule has 4 nitrogen and oxygen atoms in total. The number of carboxylic acids is 1. The highest BCUT2D eigenvalue weighted by atomic mass is 16.4. The number of rotatable bonds is 2. The zero-order chi connectivity index (χ0) is 10.4. The van der Waals surface area contributed by atoms with Crippen LogP contribution >= 0.6 is 0 Å². The first-order chi connectivity index (χ1) is 7.27. The van der Waals surface area contributed by atoms with Gasteiger partial charge >= 0.3 is 5.97 Å². The number of hydrogen-bond donors (Lipinski definition) is 1. The van der Waals surface area contributed by atoms with Crippen molar-refractivity contribution in [1.29, 1.82) is 0 Å². The minimum Gasteiger partial charge on any atom is -0.481 e. The van der Waals surface area contributed by atoms with Crippen LogP contribution in [0, 0.1) is 5.92 Å². The molecular weight excluding hydrogens is 192 g/mol. The summed E-state index contributed by atoms with van der Waals surface area (Å²) in [5.41, 5.74) is 2.08. The van der Waals surface area contributed by atoms with Crippen molar-refractivity contribution in [3.63, 3.8) is 0 Å². The van der Waals surface area contributed by atoms with Crippen molar-refractivity contribution in [1.82, 2.24) is 9.61 Å². The summed E-state index contributed by atoms with van der Waals surface area (Å²) in [6.07, 6.45) is 4.39. The molecule has 0 aromatic carbocycles. The maximum absolute atomic E-state index is 10.8. The van der Waals surface area contributed by atoms with Gasteiger partial charge in [-0.3, -0.25) is 4.79 Å². The summed E-state index contributed by atoms with van der Waals surface area (Å²) >= 11 is 0. The summed E-state index contributed by atoms with van der Waals surface area (Å²) in [7, 11) is 0. The highest BCUT2D eigenvalue weighted by Gasteiger charge is 2.45. The van der Waals surface area contributed by atoms with E-state index in [9.17, 15) is 4.79 Å². The number of fused-ring (bicyclic) bond motifs is 1. The molecule has 2 aromatic heterocycles. The van der Waals surface area contributed by atoms with E-state index in [-0.39, 0.29) is 11.8 Å². The normalized spacial score (nSPS) is 24.3.